The van der Waals surface area contributed by atoms with Crippen LogP contribution in [0.1, 0.15) is 18.1 Å². The lowest BCUT2D eigenvalue weighted by Crippen LogP contribution is -1.94. The lowest BCUT2D eigenvalue weighted by Gasteiger charge is -2.10. The van der Waals surface area contributed by atoms with Gasteiger partial charge in [-0.3, -0.25) is 0 Å². The van der Waals surface area contributed by atoms with Gasteiger partial charge in [0.25, 0.3) is 0 Å². The molecule has 0 aromatic heterocycles. The van der Waals surface area contributed by atoms with Gasteiger partial charge in [-0.15, -0.1) is 0 Å². The van der Waals surface area contributed by atoms with Crippen LogP contribution in [0.3, 0.4) is 0 Å². The highest BCUT2D eigenvalue weighted by atomic mass is 19.2. The first kappa shape index (κ1) is 16.8. The summed E-state index contributed by atoms with van der Waals surface area (Å²) >= 11 is 0. The number of benzene rings is 3. The van der Waals surface area contributed by atoms with Gasteiger partial charge in [-0.1, -0.05) is 72.8 Å². The summed E-state index contributed by atoms with van der Waals surface area (Å²) in [4.78, 5) is 0. The molecule has 124 valence electrons. The predicted octanol–water partition coefficient (Wildman–Crippen LogP) is 6.33. The first-order valence-electron chi connectivity index (χ1n) is 7.96. The van der Waals surface area contributed by atoms with Crippen molar-refractivity contribution in [3.05, 3.63) is 89.5 Å². The van der Waals surface area contributed by atoms with Gasteiger partial charge in [-0.25, -0.2) is 8.78 Å². The predicted molar refractivity (Wildman–Crippen MR) is 99.8 cm³/mol. The Morgan fingerprint density at radius 2 is 1.12 bits per heavy atom. The molecule has 0 heterocycles. The highest BCUT2D eigenvalue weighted by Gasteiger charge is 2.15. The second-order valence-corrected chi connectivity index (χ2v) is 5.68. The molecule has 0 aliphatic carbocycles. The van der Waals surface area contributed by atoms with Crippen LogP contribution >= 0.6 is 0 Å². The normalized spacial score (nSPS) is 11.0. The fourth-order valence-corrected chi connectivity index (χ4v) is 2.72. The summed E-state index contributed by atoms with van der Waals surface area (Å²) in [6.45, 7) is 1.93. The van der Waals surface area contributed by atoms with Crippen molar-refractivity contribution in [3.63, 3.8) is 0 Å². The van der Waals surface area contributed by atoms with E-state index in [4.69, 9.17) is 5.41 Å². The molecular weight excluding hydrogens is 316 g/mol. The Balaban J connectivity index is 2.00. The van der Waals surface area contributed by atoms with Gasteiger partial charge in [0.15, 0.2) is 11.6 Å². The summed E-state index contributed by atoms with van der Waals surface area (Å²) < 4.78 is 29.2. The molecule has 3 aromatic carbocycles. The van der Waals surface area contributed by atoms with E-state index in [1.807, 2.05) is 31.2 Å². The smallest absolute Gasteiger partial charge is 0.167 e. The van der Waals surface area contributed by atoms with Crippen molar-refractivity contribution in [1.29, 1.82) is 5.41 Å². The maximum Gasteiger partial charge on any atom is 0.167 e. The van der Waals surface area contributed by atoms with Gasteiger partial charge >= 0.3 is 0 Å². The number of hydrogen-bond donors (Lipinski definition) is 1. The Bertz CT molecular complexity index is 923. The summed E-state index contributed by atoms with van der Waals surface area (Å²) in [6, 6.07) is 17.3. The van der Waals surface area contributed by atoms with Crippen LogP contribution in [0.5, 0.6) is 0 Å². The molecule has 0 bridgehead atoms. The molecule has 0 saturated carbocycles. The van der Waals surface area contributed by atoms with E-state index in [-0.39, 0.29) is 11.1 Å². The van der Waals surface area contributed by atoms with Crippen LogP contribution in [-0.4, -0.2) is 6.21 Å². The van der Waals surface area contributed by atoms with Crippen molar-refractivity contribution in [2.45, 2.75) is 6.92 Å². The summed E-state index contributed by atoms with van der Waals surface area (Å²) in [6.07, 6.45) is 5.08. The molecule has 0 atom stereocenters. The van der Waals surface area contributed by atoms with Gasteiger partial charge in [-0.05, 0) is 29.2 Å². The van der Waals surface area contributed by atoms with E-state index in [9.17, 15) is 8.78 Å². The zero-order valence-electron chi connectivity index (χ0n) is 13.8. The van der Waals surface area contributed by atoms with Crippen molar-refractivity contribution in [2.75, 3.05) is 0 Å². The first-order valence-corrected chi connectivity index (χ1v) is 7.96. The Kier molecular flexibility index (Phi) is 4.85. The molecule has 25 heavy (non-hydrogen) atoms. The van der Waals surface area contributed by atoms with Crippen LogP contribution < -0.4 is 0 Å². The van der Waals surface area contributed by atoms with Gasteiger partial charge in [0.1, 0.15) is 0 Å². The standard InChI is InChI=1S/C22H17F2N/c1-2-3-15-4-8-17(9-5-15)19-12-13-20(22(24)21(19)23)18-10-6-16(14-25)7-11-18/h2-14,25H,1H3. The van der Waals surface area contributed by atoms with Gasteiger partial charge < -0.3 is 5.41 Å². The van der Waals surface area contributed by atoms with E-state index in [0.717, 1.165) is 5.56 Å². The zero-order chi connectivity index (χ0) is 17.8. The molecule has 0 saturated heterocycles. The average Bonchev–Trinajstić information content (AvgIpc) is 2.65. The summed E-state index contributed by atoms with van der Waals surface area (Å²) in [7, 11) is 0. The summed E-state index contributed by atoms with van der Waals surface area (Å²) in [5.74, 6) is -1.72. The third-order valence-corrected chi connectivity index (χ3v) is 4.05. The minimum Gasteiger partial charge on any atom is -0.308 e. The molecule has 3 rings (SSSR count). The van der Waals surface area contributed by atoms with Gasteiger partial charge in [0.05, 0.1) is 0 Å². The van der Waals surface area contributed by atoms with Crippen molar-refractivity contribution in [2.24, 2.45) is 0 Å². The minimum atomic E-state index is -0.863. The molecule has 1 nitrogen and oxygen atoms in total. The van der Waals surface area contributed by atoms with E-state index in [1.54, 1.807) is 48.5 Å². The summed E-state index contributed by atoms with van der Waals surface area (Å²) in [5, 5.41) is 7.20. The SMILES string of the molecule is CC=Cc1ccc(-c2ccc(-c3ccc(C=N)cc3)c(F)c2F)cc1. The quantitative estimate of drug-likeness (QED) is 0.539. The number of allylic oxidation sites excluding steroid dienone is 1. The molecule has 0 amide bonds. The Labute approximate surface area is 145 Å². The molecule has 0 aliphatic rings. The van der Waals surface area contributed by atoms with Crippen molar-refractivity contribution in [3.8, 4) is 22.3 Å². The Morgan fingerprint density at radius 3 is 1.52 bits per heavy atom. The molecular formula is C22H17F2N. The average molecular weight is 333 g/mol. The summed E-state index contributed by atoms with van der Waals surface area (Å²) in [5.41, 5.74) is 3.39. The fourth-order valence-electron chi connectivity index (χ4n) is 2.72. The lowest BCUT2D eigenvalue weighted by atomic mass is 9.97. The van der Waals surface area contributed by atoms with E-state index in [0.29, 0.717) is 16.7 Å². The van der Waals surface area contributed by atoms with E-state index >= 15 is 0 Å². The van der Waals surface area contributed by atoms with Crippen LogP contribution in [0.25, 0.3) is 28.3 Å². The lowest BCUT2D eigenvalue weighted by molar-refractivity contribution is 0.514. The maximum atomic E-state index is 14.6. The minimum absolute atomic E-state index is 0.211. The maximum absolute atomic E-state index is 14.6. The van der Waals surface area contributed by atoms with E-state index < -0.39 is 11.6 Å². The molecule has 0 aliphatic heterocycles. The monoisotopic (exact) mass is 333 g/mol. The zero-order valence-corrected chi connectivity index (χ0v) is 13.8. The van der Waals surface area contributed by atoms with Crippen LogP contribution in [0, 0.1) is 17.0 Å². The highest BCUT2D eigenvalue weighted by Crippen LogP contribution is 2.31. The topological polar surface area (TPSA) is 23.9 Å². The Morgan fingerprint density at radius 1 is 0.680 bits per heavy atom. The molecule has 3 aromatic rings. The molecule has 3 heteroatoms. The highest BCUT2D eigenvalue weighted by molar-refractivity contribution is 5.79. The van der Waals surface area contributed by atoms with Crippen molar-refractivity contribution < 1.29 is 8.78 Å². The number of nitrogens with one attached hydrogen (secondary N) is 1. The molecule has 0 radical (unpaired) electrons. The van der Waals surface area contributed by atoms with Crippen LogP contribution in [0.2, 0.25) is 0 Å². The number of rotatable bonds is 4. The van der Waals surface area contributed by atoms with Crippen molar-refractivity contribution >= 4 is 12.3 Å². The Hall–Kier alpha value is -3.07. The van der Waals surface area contributed by atoms with Crippen LogP contribution in [0.15, 0.2) is 66.7 Å². The molecule has 0 spiro atoms. The molecule has 0 fully saturated rings. The second kappa shape index (κ2) is 7.22. The van der Waals surface area contributed by atoms with E-state index in [1.165, 1.54) is 6.21 Å². The van der Waals surface area contributed by atoms with Gasteiger partial charge in [0.2, 0.25) is 0 Å². The number of halogens is 2. The third-order valence-electron chi connectivity index (χ3n) is 4.05. The van der Waals surface area contributed by atoms with Gasteiger partial charge in [0, 0.05) is 17.3 Å². The molecule has 1 N–H and O–H groups in total. The third kappa shape index (κ3) is 3.41. The van der Waals surface area contributed by atoms with Crippen LogP contribution in [-0.2, 0) is 0 Å². The number of hydrogen-bond acceptors (Lipinski definition) is 1. The molecule has 0 unspecified atom stereocenters. The van der Waals surface area contributed by atoms with Gasteiger partial charge in [-0.2, -0.15) is 0 Å². The largest absolute Gasteiger partial charge is 0.308 e. The van der Waals surface area contributed by atoms with Crippen LogP contribution in [0.4, 0.5) is 8.78 Å². The van der Waals surface area contributed by atoms with Crippen molar-refractivity contribution in [1.82, 2.24) is 0 Å². The van der Waals surface area contributed by atoms with E-state index in [2.05, 4.69) is 0 Å². The first-order chi connectivity index (χ1) is 12.1. The second-order valence-electron chi connectivity index (χ2n) is 5.68. The fraction of sp³-hybridized carbons (Fsp3) is 0.0455.